The summed E-state index contributed by atoms with van der Waals surface area (Å²) >= 11 is 2.17. The highest BCUT2D eigenvalue weighted by Gasteiger charge is 2.62. The van der Waals surface area contributed by atoms with E-state index in [1.165, 1.54) is 43.6 Å². The van der Waals surface area contributed by atoms with Crippen LogP contribution in [-0.2, 0) is 4.79 Å². The first-order chi connectivity index (χ1) is 12.3. The van der Waals surface area contributed by atoms with E-state index in [0.717, 1.165) is 42.4 Å². The van der Waals surface area contributed by atoms with Gasteiger partial charge < -0.3 is 4.90 Å². The van der Waals surface area contributed by atoms with Crippen LogP contribution in [0.1, 0.15) is 72.6 Å². The topological polar surface area (TPSA) is 20.3 Å². The maximum Gasteiger partial charge on any atom is 0.222 e. The highest BCUT2D eigenvalue weighted by Crippen LogP contribution is 2.67. The molecule has 8 atom stereocenters. The fourth-order valence-electron chi connectivity index (χ4n) is 8.22. The predicted octanol–water partition coefficient (Wildman–Crippen LogP) is 5.47. The summed E-state index contributed by atoms with van der Waals surface area (Å²) in [6.45, 7) is 10.1. The van der Waals surface area contributed by atoms with E-state index in [1.54, 1.807) is 0 Å². The quantitative estimate of drug-likeness (QED) is 0.650. The third-order valence-corrected chi connectivity index (χ3v) is 10.7. The highest BCUT2D eigenvalue weighted by atomic mass is 32.2. The van der Waals surface area contributed by atoms with Gasteiger partial charge in [-0.15, -0.1) is 0 Å². The Bertz CT molecular complexity index is 564. The molecule has 0 aromatic rings. The van der Waals surface area contributed by atoms with E-state index in [1.807, 2.05) is 0 Å². The number of hydrogen-bond donors (Lipinski definition) is 0. The van der Waals surface area contributed by atoms with E-state index in [9.17, 15) is 4.79 Å². The molecular weight excluding hydrogens is 338 g/mol. The van der Waals surface area contributed by atoms with Gasteiger partial charge in [0.25, 0.3) is 0 Å². The third-order valence-electron chi connectivity index (χ3n) is 9.66. The van der Waals surface area contributed by atoms with Crippen LogP contribution in [0.5, 0.6) is 0 Å². The van der Waals surface area contributed by atoms with Crippen LogP contribution < -0.4 is 0 Å². The third kappa shape index (κ3) is 2.62. The Morgan fingerprint density at radius 3 is 2.62 bits per heavy atom. The number of likely N-dealkylation sites (tertiary alicyclic amines) is 1. The van der Waals surface area contributed by atoms with Crippen molar-refractivity contribution in [1.82, 2.24) is 4.90 Å². The van der Waals surface area contributed by atoms with Crippen molar-refractivity contribution in [2.45, 2.75) is 78.7 Å². The van der Waals surface area contributed by atoms with Gasteiger partial charge in [-0.1, -0.05) is 27.7 Å². The lowest BCUT2D eigenvalue weighted by Crippen LogP contribution is -2.61. The van der Waals surface area contributed by atoms with Crippen molar-refractivity contribution in [1.29, 1.82) is 0 Å². The van der Waals surface area contributed by atoms with Crippen molar-refractivity contribution in [3.8, 4) is 0 Å². The molecule has 26 heavy (non-hydrogen) atoms. The second kappa shape index (κ2) is 6.71. The molecule has 1 heterocycles. The number of carbonyl (C=O) groups excluding carboxylic acids is 1. The lowest BCUT2D eigenvalue weighted by Gasteiger charge is -2.61. The summed E-state index contributed by atoms with van der Waals surface area (Å²) in [5, 5.41) is 0. The SMILES string of the molecule is CCSCC1C(C)C[C@H]2[C@@H]3CCC4N(C)C(=O)CC[C@]4(C)[C@@H]3CC[C@]12C. The summed E-state index contributed by atoms with van der Waals surface area (Å²) in [5.74, 6) is 7.52. The van der Waals surface area contributed by atoms with Crippen LogP contribution in [-0.4, -0.2) is 35.4 Å². The standard InChI is InChI=1S/C23H39NOS/c1-6-26-14-19-15(2)13-18-16-7-8-20-23(4,12-10-21(25)24(20)5)17(16)9-11-22(18,19)3/h15-20H,6-14H2,1-5H3/t15?,16-,17-,18+,19?,20?,22+,23-/m1/s1. The van der Waals surface area contributed by atoms with Crippen LogP contribution >= 0.6 is 11.8 Å². The number of nitrogens with zero attached hydrogens (tertiary/aromatic N) is 1. The average Bonchev–Trinajstić information content (AvgIpc) is 2.87. The minimum Gasteiger partial charge on any atom is -0.342 e. The van der Waals surface area contributed by atoms with E-state index in [-0.39, 0.29) is 0 Å². The van der Waals surface area contributed by atoms with Gasteiger partial charge in [0.05, 0.1) is 0 Å². The Balaban J connectivity index is 1.60. The normalized spacial score (nSPS) is 51.0. The molecule has 1 aliphatic heterocycles. The summed E-state index contributed by atoms with van der Waals surface area (Å²) in [6.07, 6.45) is 8.82. The molecule has 0 aromatic carbocycles. The van der Waals surface area contributed by atoms with Gasteiger partial charge in [0, 0.05) is 19.5 Å². The van der Waals surface area contributed by atoms with Crippen molar-refractivity contribution < 1.29 is 4.79 Å². The summed E-state index contributed by atoms with van der Waals surface area (Å²) in [5.41, 5.74) is 0.939. The van der Waals surface area contributed by atoms with Gasteiger partial charge in [0.1, 0.15) is 0 Å². The second-order valence-electron chi connectivity index (χ2n) is 10.5. The van der Waals surface area contributed by atoms with E-state index in [0.29, 0.717) is 22.8 Å². The Hall–Kier alpha value is -0.180. The van der Waals surface area contributed by atoms with Gasteiger partial charge in [-0.2, -0.15) is 11.8 Å². The van der Waals surface area contributed by atoms with E-state index < -0.39 is 0 Å². The number of hydrogen-bond acceptors (Lipinski definition) is 2. The van der Waals surface area contributed by atoms with E-state index in [2.05, 4.69) is 51.4 Å². The molecule has 3 unspecified atom stereocenters. The maximum absolute atomic E-state index is 12.3. The van der Waals surface area contributed by atoms with Crippen LogP contribution in [0.15, 0.2) is 0 Å². The van der Waals surface area contributed by atoms with E-state index >= 15 is 0 Å². The minimum absolute atomic E-state index is 0.367. The van der Waals surface area contributed by atoms with Crippen molar-refractivity contribution in [2.24, 2.45) is 40.4 Å². The Morgan fingerprint density at radius 1 is 1.12 bits per heavy atom. The molecule has 3 aliphatic carbocycles. The average molecular weight is 378 g/mol. The molecule has 0 radical (unpaired) electrons. The van der Waals surface area contributed by atoms with E-state index in [4.69, 9.17) is 0 Å². The molecular formula is C23H39NOS. The molecule has 2 nitrogen and oxygen atoms in total. The van der Waals surface area contributed by atoms with Gasteiger partial charge in [0.2, 0.25) is 5.91 Å². The Morgan fingerprint density at radius 2 is 1.88 bits per heavy atom. The fourth-order valence-corrected chi connectivity index (χ4v) is 9.42. The van der Waals surface area contributed by atoms with Crippen molar-refractivity contribution in [3.63, 3.8) is 0 Å². The Labute approximate surface area is 165 Å². The van der Waals surface area contributed by atoms with Crippen molar-refractivity contribution in [2.75, 3.05) is 18.6 Å². The molecule has 1 amide bonds. The molecule has 0 aromatic heterocycles. The first kappa shape index (κ1) is 19.2. The number of thioether (sulfide) groups is 1. The number of fused-ring (bicyclic) bond motifs is 5. The summed E-state index contributed by atoms with van der Waals surface area (Å²) in [4.78, 5) is 14.4. The largest absolute Gasteiger partial charge is 0.342 e. The first-order valence-corrected chi connectivity index (χ1v) is 12.3. The zero-order valence-electron chi connectivity index (χ0n) is 17.6. The van der Waals surface area contributed by atoms with Crippen LogP contribution in [0.3, 0.4) is 0 Å². The van der Waals surface area contributed by atoms with Gasteiger partial charge in [-0.3, -0.25) is 4.79 Å². The molecule has 1 saturated heterocycles. The van der Waals surface area contributed by atoms with Gasteiger partial charge in [0.15, 0.2) is 0 Å². The number of amides is 1. The lowest BCUT2D eigenvalue weighted by atomic mass is 9.47. The van der Waals surface area contributed by atoms with Crippen molar-refractivity contribution in [3.05, 3.63) is 0 Å². The summed E-state index contributed by atoms with van der Waals surface area (Å²) in [7, 11) is 2.08. The number of piperidine rings is 1. The second-order valence-corrected chi connectivity index (χ2v) is 11.8. The molecule has 4 rings (SSSR count). The van der Waals surface area contributed by atoms with Crippen LogP contribution in [0.4, 0.5) is 0 Å². The smallest absolute Gasteiger partial charge is 0.222 e. The fraction of sp³-hybridized carbons (Fsp3) is 0.957. The van der Waals surface area contributed by atoms with Crippen LogP contribution in [0.2, 0.25) is 0 Å². The molecule has 148 valence electrons. The van der Waals surface area contributed by atoms with Crippen LogP contribution in [0, 0.1) is 40.4 Å². The van der Waals surface area contributed by atoms with Gasteiger partial charge in [-0.25, -0.2) is 0 Å². The molecule has 0 N–H and O–H groups in total. The van der Waals surface area contributed by atoms with Gasteiger partial charge >= 0.3 is 0 Å². The number of rotatable bonds is 3. The first-order valence-electron chi connectivity index (χ1n) is 11.2. The maximum atomic E-state index is 12.3. The van der Waals surface area contributed by atoms with Crippen LogP contribution in [0.25, 0.3) is 0 Å². The molecule has 4 fully saturated rings. The zero-order chi connectivity index (χ0) is 18.7. The predicted molar refractivity (Wildman–Crippen MR) is 111 cm³/mol. The number of carbonyl (C=O) groups is 1. The summed E-state index contributed by atoms with van der Waals surface area (Å²) < 4.78 is 0. The van der Waals surface area contributed by atoms with Crippen molar-refractivity contribution >= 4 is 17.7 Å². The monoisotopic (exact) mass is 377 g/mol. The molecule has 4 aliphatic rings. The molecule has 0 spiro atoms. The molecule has 3 heteroatoms. The summed E-state index contributed by atoms with van der Waals surface area (Å²) in [6, 6.07) is 0.500. The Kier molecular flexibility index (Phi) is 4.94. The lowest BCUT2D eigenvalue weighted by molar-refractivity contribution is -0.158. The van der Waals surface area contributed by atoms with Gasteiger partial charge in [-0.05, 0) is 90.5 Å². The highest BCUT2D eigenvalue weighted by molar-refractivity contribution is 7.99. The zero-order valence-corrected chi connectivity index (χ0v) is 18.4. The molecule has 3 saturated carbocycles. The molecule has 0 bridgehead atoms. The minimum atomic E-state index is 0.367.